The van der Waals surface area contributed by atoms with Crippen LogP contribution in [0, 0.1) is 0 Å². The first kappa shape index (κ1) is 26.0. The van der Waals surface area contributed by atoms with Gasteiger partial charge in [0.1, 0.15) is 11.4 Å². The highest BCUT2D eigenvalue weighted by atomic mass is 19.4. The van der Waals surface area contributed by atoms with Crippen molar-refractivity contribution in [2.75, 3.05) is 32.6 Å². The van der Waals surface area contributed by atoms with Crippen molar-refractivity contribution in [1.29, 1.82) is 0 Å². The van der Waals surface area contributed by atoms with Gasteiger partial charge >= 0.3 is 12.3 Å². The second kappa shape index (κ2) is 9.74. The van der Waals surface area contributed by atoms with Crippen molar-refractivity contribution in [2.24, 2.45) is 0 Å². The number of carbonyl (C=O) groups is 1. The van der Waals surface area contributed by atoms with Gasteiger partial charge in [0.2, 0.25) is 0 Å². The van der Waals surface area contributed by atoms with Gasteiger partial charge in [0, 0.05) is 31.5 Å². The number of piperidine rings is 1. The number of anilines is 1. The molecule has 198 valence electrons. The van der Waals surface area contributed by atoms with E-state index in [1.54, 1.807) is 29.2 Å². The summed E-state index contributed by atoms with van der Waals surface area (Å²) < 4.78 is 59.4. The number of methoxy groups -OCH3 is 2. The number of nitrogens with zero attached hydrogens (tertiary/aromatic N) is 3. The van der Waals surface area contributed by atoms with Crippen molar-refractivity contribution < 1.29 is 32.2 Å². The van der Waals surface area contributed by atoms with Crippen LogP contribution < -0.4 is 14.8 Å². The number of halogens is 3. The highest BCUT2D eigenvalue weighted by Crippen LogP contribution is 2.45. The fraction of sp³-hybridized carbons (Fsp3) is 0.600. The van der Waals surface area contributed by atoms with Gasteiger partial charge in [-0.1, -0.05) is 6.07 Å². The SMILES string of the molecule is COc1ccc(C2CC(C(F)(F)F)n3nc(C4CCN(C(=O)OC(C)(C)C)CC4)cc3N2)cc1OC. The van der Waals surface area contributed by atoms with Crippen LogP contribution in [-0.4, -0.2) is 59.9 Å². The first-order valence-electron chi connectivity index (χ1n) is 12.0. The molecular weight excluding hydrogens is 477 g/mol. The van der Waals surface area contributed by atoms with Gasteiger partial charge in [0.25, 0.3) is 0 Å². The van der Waals surface area contributed by atoms with Crippen molar-refractivity contribution >= 4 is 11.9 Å². The van der Waals surface area contributed by atoms with Crippen LogP contribution in [0.5, 0.6) is 11.5 Å². The zero-order valence-electron chi connectivity index (χ0n) is 21.2. The van der Waals surface area contributed by atoms with Crippen LogP contribution in [0.1, 0.15) is 69.3 Å². The molecule has 2 aliphatic rings. The van der Waals surface area contributed by atoms with Crippen molar-refractivity contribution in [3.05, 3.63) is 35.5 Å². The molecule has 36 heavy (non-hydrogen) atoms. The van der Waals surface area contributed by atoms with E-state index in [4.69, 9.17) is 14.2 Å². The van der Waals surface area contributed by atoms with Crippen LogP contribution in [0.2, 0.25) is 0 Å². The minimum atomic E-state index is -4.46. The Bertz CT molecular complexity index is 1090. The first-order valence-corrected chi connectivity index (χ1v) is 12.0. The average molecular weight is 511 g/mol. The summed E-state index contributed by atoms with van der Waals surface area (Å²) in [6.07, 6.45) is -3.84. The lowest BCUT2D eigenvalue weighted by atomic mass is 9.93. The Morgan fingerprint density at radius 3 is 2.31 bits per heavy atom. The molecule has 1 aromatic heterocycles. The molecule has 3 heterocycles. The number of alkyl halides is 3. The lowest BCUT2D eigenvalue weighted by Crippen LogP contribution is -2.41. The van der Waals surface area contributed by atoms with Gasteiger partial charge in [-0.3, -0.25) is 0 Å². The van der Waals surface area contributed by atoms with E-state index in [0.717, 1.165) is 4.68 Å². The van der Waals surface area contributed by atoms with Gasteiger partial charge in [-0.25, -0.2) is 9.48 Å². The Morgan fingerprint density at radius 2 is 1.72 bits per heavy atom. The summed E-state index contributed by atoms with van der Waals surface area (Å²) in [6.45, 7) is 6.37. The van der Waals surface area contributed by atoms with Gasteiger partial charge in [0.05, 0.1) is 26.0 Å². The summed E-state index contributed by atoms with van der Waals surface area (Å²) in [5.41, 5.74) is 0.685. The molecule has 2 unspecified atom stereocenters. The third-order valence-corrected chi connectivity index (χ3v) is 6.58. The Hall–Kier alpha value is -3.11. The van der Waals surface area contributed by atoms with Crippen LogP contribution in [0.4, 0.5) is 23.8 Å². The van der Waals surface area contributed by atoms with E-state index in [9.17, 15) is 18.0 Å². The molecule has 2 aromatic rings. The maximum atomic E-state index is 14.1. The first-order chi connectivity index (χ1) is 16.9. The number of ether oxygens (including phenoxy) is 3. The predicted molar refractivity (Wildman–Crippen MR) is 128 cm³/mol. The smallest absolute Gasteiger partial charge is 0.410 e. The predicted octanol–water partition coefficient (Wildman–Crippen LogP) is 5.68. The number of likely N-dealkylation sites (tertiary alicyclic amines) is 1. The van der Waals surface area contributed by atoms with Gasteiger partial charge in [-0.05, 0) is 51.3 Å². The maximum absolute atomic E-state index is 14.1. The zero-order valence-corrected chi connectivity index (χ0v) is 21.2. The van der Waals surface area contributed by atoms with Gasteiger partial charge in [-0.15, -0.1) is 0 Å². The Kier molecular flexibility index (Phi) is 7.03. The minimum Gasteiger partial charge on any atom is -0.493 e. The summed E-state index contributed by atoms with van der Waals surface area (Å²) in [5, 5.41) is 7.63. The molecule has 8 nitrogen and oxygen atoms in total. The molecule has 1 amide bonds. The summed E-state index contributed by atoms with van der Waals surface area (Å²) in [7, 11) is 3.00. The summed E-state index contributed by atoms with van der Waals surface area (Å²) in [6, 6.07) is 4.49. The normalized spacial score (nSPS) is 20.9. The molecule has 2 aliphatic heterocycles. The summed E-state index contributed by atoms with van der Waals surface area (Å²) in [4.78, 5) is 14.0. The van der Waals surface area contributed by atoms with Gasteiger partial charge in [-0.2, -0.15) is 18.3 Å². The van der Waals surface area contributed by atoms with E-state index < -0.39 is 23.9 Å². The molecule has 0 aliphatic carbocycles. The molecule has 0 saturated carbocycles. The number of amides is 1. The number of hydrogen-bond acceptors (Lipinski definition) is 6. The Balaban J connectivity index is 1.54. The molecular formula is C25H33F3N4O4. The standard InChI is InChI=1S/C25H33F3N4O4/c1-24(2,3)36-23(33)31-10-8-15(9-11-31)18-14-22-29-17(13-21(25(26,27)28)32(22)30-18)16-6-7-19(34-4)20(12-16)35-5/h6-7,12,14-15,17,21,29H,8-11,13H2,1-5H3. The number of benzene rings is 1. The third-order valence-electron chi connectivity index (χ3n) is 6.58. The van der Waals surface area contributed by atoms with Crippen molar-refractivity contribution in [3.8, 4) is 11.5 Å². The average Bonchev–Trinajstić information content (AvgIpc) is 3.25. The van der Waals surface area contributed by atoms with E-state index in [1.807, 2.05) is 20.8 Å². The number of hydrogen-bond donors (Lipinski definition) is 1. The van der Waals surface area contributed by atoms with E-state index in [0.29, 0.717) is 54.5 Å². The molecule has 1 aromatic carbocycles. The molecule has 0 radical (unpaired) electrons. The highest BCUT2D eigenvalue weighted by molar-refractivity contribution is 5.68. The van der Waals surface area contributed by atoms with Crippen LogP contribution in [-0.2, 0) is 4.74 Å². The van der Waals surface area contributed by atoms with E-state index in [1.165, 1.54) is 14.2 Å². The van der Waals surface area contributed by atoms with Gasteiger partial charge < -0.3 is 24.4 Å². The molecule has 1 fully saturated rings. The largest absolute Gasteiger partial charge is 0.493 e. The molecule has 2 atom stereocenters. The van der Waals surface area contributed by atoms with E-state index in [-0.39, 0.29) is 18.4 Å². The monoisotopic (exact) mass is 510 g/mol. The van der Waals surface area contributed by atoms with Gasteiger partial charge in [0.15, 0.2) is 17.5 Å². The molecule has 1 saturated heterocycles. The number of rotatable bonds is 4. The fourth-order valence-electron chi connectivity index (χ4n) is 4.76. The summed E-state index contributed by atoms with van der Waals surface area (Å²) in [5.74, 6) is 1.25. The quantitative estimate of drug-likeness (QED) is 0.571. The van der Waals surface area contributed by atoms with E-state index in [2.05, 4.69) is 10.4 Å². The maximum Gasteiger partial charge on any atom is 0.410 e. The number of aromatic nitrogens is 2. The van der Waals surface area contributed by atoms with Crippen LogP contribution in [0.3, 0.4) is 0 Å². The van der Waals surface area contributed by atoms with E-state index >= 15 is 0 Å². The molecule has 1 N–H and O–H groups in total. The third kappa shape index (κ3) is 5.49. The number of carbonyl (C=O) groups excluding carboxylic acids is 1. The van der Waals surface area contributed by atoms with Crippen LogP contribution >= 0.6 is 0 Å². The zero-order chi connectivity index (χ0) is 26.3. The molecule has 0 bridgehead atoms. The Morgan fingerprint density at radius 1 is 1.06 bits per heavy atom. The summed E-state index contributed by atoms with van der Waals surface area (Å²) >= 11 is 0. The fourth-order valence-corrected chi connectivity index (χ4v) is 4.76. The topological polar surface area (TPSA) is 77.9 Å². The molecule has 11 heteroatoms. The molecule has 4 rings (SSSR count). The van der Waals surface area contributed by atoms with Crippen LogP contribution in [0.25, 0.3) is 0 Å². The number of fused-ring (bicyclic) bond motifs is 1. The molecule has 0 spiro atoms. The lowest BCUT2D eigenvalue weighted by molar-refractivity contribution is -0.173. The number of nitrogens with one attached hydrogen (secondary N) is 1. The lowest BCUT2D eigenvalue weighted by Gasteiger charge is -2.33. The van der Waals surface area contributed by atoms with Crippen LogP contribution in [0.15, 0.2) is 24.3 Å². The highest BCUT2D eigenvalue weighted by Gasteiger charge is 2.47. The second-order valence-electron chi connectivity index (χ2n) is 10.2. The van der Waals surface area contributed by atoms with Crippen molar-refractivity contribution in [2.45, 2.75) is 69.8 Å². The second-order valence-corrected chi connectivity index (χ2v) is 10.2. The Labute approximate surface area is 208 Å². The van der Waals surface area contributed by atoms with Crippen molar-refractivity contribution in [1.82, 2.24) is 14.7 Å². The minimum absolute atomic E-state index is 0.0444. The van der Waals surface area contributed by atoms with Crippen molar-refractivity contribution in [3.63, 3.8) is 0 Å².